The van der Waals surface area contributed by atoms with Crippen molar-refractivity contribution in [3.05, 3.63) is 76.6 Å². The van der Waals surface area contributed by atoms with Crippen molar-refractivity contribution in [2.24, 2.45) is 13.0 Å². The molecule has 0 radical (unpaired) electrons. The van der Waals surface area contributed by atoms with Gasteiger partial charge in [0.2, 0.25) is 0 Å². The van der Waals surface area contributed by atoms with Crippen molar-refractivity contribution >= 4 is 21.9 Å². The van der Waals surface area contributed by atoms with Crippen LogP contribution in [0.3, 0.4) is 0 Å². The quantitative estimate of drug-likeness (QED) is 0.264. The van der Waals surface area contributed by atoms with Crippen LogP contribution in [-0.2, 0) is 11.8 Å². The van der Waals surface area contributed by atoms with Crippen molar-refractivity contribution in [3.8, 4) is 11.3 Å². The first kappa shape index (κ1) is 24.5. The zero-order valence-corrected chi connectivity index (χ0v) is 21.1. The molecule has 1 aliphatic heterocycles. The molecule has 2 aromatic carbocycles. The summed E-state index contributed by atoms with van der Waals surface area (Å²) in [5.41, 5.74) is 3.79. The van der Waals surface area contributed by atoms with Crippen molar-refractivity contribution in [2.75, 3.05) is 13.2 Å². The molecule has 0 aliphatic carbocycles. The third kappa shape index (κ3) is 3.86. The van der Waals surface area contributed by atoms with E-state index in [9.17, 15) is 4.39 Å². The Hall–Kier alpha value is -3.79. The van der Waals surface area contributed by atoms with E-state index in [0.717, 1.165) is 5.69 Å². The van der Waals surface area contributed by atoms with Crippen molar-refractivity contribution in [1.82, 2.24) is 24.5 Å². The average Bonchev–Trinajstić information content (AvgIpc) is 3.37. The number of hydrogen-bond donors (Lipinski definition) is 0. The standard InChI is InChI=1S/C28H25F4N5O/c1-14-8-19(30)25-22(9-14)37(23-10-17(13-33-26(23)25)27-15(2)34-35-36(27)3)28(16-4-6-38-7-5-16)24-20(31)11-18(29)12-21(24)32/h8-13,16,28H,4-7H2,1-3H3. The van der Waals surface area contributed by atoms with Gasteiger partial charge in [-0.2, -0.15) is 0 Å². The van der Waals surface area contributed by atoms with Crippen molar-refractivity contribution < 1.29 is 22.3 Å². The molecule has 1 aliphatic rings. The molecule has 196 valence electrons. The number of pyridine rings is 1. The molecule has 6 nitrogen and oxygen atoms in total. The lowest BCUT2D eigenvalue weighted by molar-refractivity contribution is 0.0543. The number of benzene rings is 2. The summed E-state index contributed by atoms with van der Waals surface area (Å²) in [5.74, 6) is -3.71. The summed E-state index contributed by atoms with van der Waals surface area (Å²) in [6.45, 7) is 4.41. The molecule has 1 unspecified atom stereocenters. The van der Waals surface area contributed by atoms with Gasteiger partial charge in [0.25, 0.3) is 0 Å². The Kier molecular flexibility index (Phi) is 5.94. The van der Waals surface area contributed by atoms with E-state index < -0.39 is 29.3 Å². The molecule has 3 aromatic heterocycles. The van der Waals surface area contributed by atoms with Crippen LogP contribution in [0.5, 0.6) is 0 Å². The largest absolute Gasteiger partial charge is 0.381 e. The fraction of sp³-hybridized carbons (Fsp3) is 0.321. The highest BCUT2D eigenvalue weighted by Crippen LogP contribution is 2.43. The lowest BCUT2D eigenvalue weighted by atomic mass is 9.86. The maximum Gasteiger partial charge on any atom is 0.135 e. The molecular formula is C28H25F4N5O. The molecule has 1 atom stereocenters. The maximum absolute atomic E-state index is 15.5. The molecular weight excluding hydrogens is 498 g/mol. The molecule has 0 amide bonds. The van der Waals surface area contributed by atoms with E-state index >= 15 is 13.2 Å². The minimum absolute atomic E-state index is 0.260. The van der Waals surface area contributed by atoms with Crippen molar-refractivity contribution in [3.63, 3.8) is 0 Å². The highest BCUT2D eigenvalue weighted by atomic mass is 19.1. The summed E-state index contributed by atoms with van der Waals surface area (Å²) in [6, 6.07) is 5.52. The number of aryl methyl sites for hydroxylation is 3. The van der Waals surface area contributed by atoms with E-state index in [4.69, 9.17) is 4.74 Å². The first-order valence-corrected chi connectivity index (χ1v) is 12.4. The van der Waals surface area contributed by atoms with Gasteiger partial charge in [0, 0.05) is 49.7 Å². The molecule has 6 rings (SSSR count). The highest BCUT2D eigenvalue weighted by molar-refractivity contribution is 6.07. The van der Waals surface area contributed by atoms with Gasteiger partial charge in [0.15, 0.2) is 0 Å². The number of hydrogen-bond acceptors (Lipinski definition) is 4. The van der Waals surface area contributed by atoms with Gasteiger partial charge >= 0.3 is 0 Å². The van der Waals surface area contributed by atoms with Crippen molar-refractivity contribution in [2.45, 2.75) is 32.7 Å². The fourth-order valence-corrected chi connectivity index (χ4v) is 5.84. The third-order valence-electron chi connectivity index (χ3n) is 7.44. The predicted molar refractivity (Wildman–Crippen MR) is 135 cm³/mol. The van der Waals surface area contributed by atoms with Gasteiger partial charge in [-0.1, -0.05) is 5.21 Å². The second-order valence-corrected chi connectivity index (χ2v) is 9.93. The Morgan fingerprint density at radius 1 is 0.921 bits per heavy atom. The van der Waals surface area contributed by atoms with Crippen LogP contribution in [0.4, 0.5) is 17.6 Å². The Morgan fingerprint density at radius 3 is 2.29 bits per heavy atom. The molecule has 0 N–H and O–H groups in total. The molecule has 10 heteroatoms. The van der Waals surface area contributed by atoms with Crippen LogP contribution >= 0.6 is 0 Å². The molecule has 0 bridgehead atoms. The Bertz CT molecular complexity index is 1660. The van der Waals surface area contributed by atoms with Crippen LogP contribution in [0.25, 0.3) is 33.2 Å². The van der Waals surface area contributed by atoms with Crippen LogP contribution in [0.15, 0.2) is 36.5 Å². The van der Waals surface area contributed by atoms with Gasteiger partial charge in [-0.25, -0.2) is 22.2 Å². The number of fused-ring (bicyclic) bond motifs is 3. The van der Waals surface area contributed by atoms with Crippen LogP contribution in [0, 0.1) is 43.0 Å². The minimum atomic E-state index is -0.998. The molecule has 38 heavy (non-hydrogen) atoms. The summed E-state index contributed by atoms with van der Waals surface area (Å²) >= 11 is 0. The Balaban J connectivity index is 1.74. The van der Waals surface area contributed by atoms with E-state index in [2.05, 4.69) is 15.3 Å². The van der Waals surface area contributed by atoms with Gasteiger partial charge in [0.1, 0.15) is 23.3 Å². The van der Waals surface area contributed by atoms with E-state index in [1.165, 1.54) is 6.07 Å². The molecule has 0 spiro atoms. The molecule has 4 heterocycles. The van der Waals surface area contributed by atoms with Gasteiger partial charge in [-0.15, -0.1) is 5.10 Å². The second kappa shape index (κ2) is 9.20. The fourth-order valence-electron chi connectivity index (χ4n) is 5.84. The Labute approximate surface area is 215 Å². The van der Waals surface area contributed by atoms with E-state index in [0.29, 0.717) is 71.6 Å². The lowest BCUT2D eigenvalue weighted by Gasteiger charge is -2.33. The Morgan fingerprint density at radius 2 is 1.63 bits per heavy atom. The highest BCUT2D eigenvalue weighted by Gasteiger charge is 2.35. The SMILES string of the molecule is Cc1cc(F)c2c3ncc(-c4c(C)nnn4C)cc3n(C(c3c(F)cc(F)cc3F)C3CCOCC3)c2c1. The number of ether oxygens (including phenoxy) is 1. The van der Waals surface area contributed by atoms with Crippen LogP contribution in [-0.4, -0.2) is 37.8 Å². The van der Waals surface area contributed by atoms with E-state index in [-0.39, 0.29) is 16.9 Å². The second-order valence-electron chi connectivity index (χ2n) is 9.93. The van der Waals surface area contributed by atoms with E-state index in [1.54, 1.807) is 35.5 Å². The number of halogens is 4. The smallest absolute Gasteiger partial charge is 0.135 e. The normalized spacial score (nSPS) is 15.6. The molecule has 1 fully saturated rings. The summed E-state index contributed by atoms with van der Waals surface area (Å²) < 4.78 is 69.3. The lowest BCUT2D eigenvalue weighted by Crippen LogP contribution is -2.28. The summed E-state index contributed by atoms with van der Waals surface area (Å²) in [5, 5.41) is 8.46. The number of aromatic nitrogens is 5. The van der Waals surface area contributed by atoms with E-state index in [1.807, 2.05) is 13.0 Å². The van der Waals surface area contributed by atoms with Crippen LogP contribution in [0.1, 0.15) is 35.7 Å². The maximum atomic E-state index is 15.5. The molecule has 0 saturated carbocycles. The first-order chi connectivity index (χ1) is 18.2. The minimum Gasteiger partial charge on any atom is -0.381 e. The number of rotatable bonds is 4. The zero-order chi connectivity index (χ0) is 26.7. The zero-order valence-electron chi connectivity index (χ0n) is 21.1. The average molecular weight is 524 g/mol. The summed E-state index contributed by atoms with van der Waals surface area (Å²) in [4.78, 5) is 4.64. The van der Waals surface area contributed by atoms with Crippen LogP contribution < -0.4 is 0 Å². The van der Waals surface area contributed by atoms with Gasteiger partial charge in [-0.05, 0) is 56.4 Å². The van der Waals surface area contributed by atoms with Crippen molar-refractivity contribution in [1.29, 1.82) is 0 Å². The van der Waals surface area contributed by atoms with Crippen LogP contribution in [0.2, 0.25) is 0 Å². The summed E-state index contributed by atoms with van der Waals surface area (Å²) in [7, 11) is 1.76. The predicted octanol–water partition coefficient (Wildman–Crippen LogP) is 6.17. The summed E-state index contributed by atoms with van der Waals surface area (Å²) in [6.07, 6.45) is 2.67. The first-order valence-electron chi connectivity index (χ1n) is 12.4. The van der Waals surface area contributed by atoms with Gasteiger partial charge in [-0.3, -0.25) is 4.98 Å². The topological polar surface area (TPSA) is 57.8 Å². The third-order valence-corrected chi connectivity index (χ3v) is 7.44. The molecule has 1 saturated heterocycles. The van der Waals surface area contributed by atoms with Gasteiger partial charge < -0.3 is 9.30 Å². The van der Waals surface area contributed by atoms with Gasteiger partial charge in [0.05, 0.1) is 39.4 Å². The monoisotopic (exact) mass is 523 g/mol. The molecule has 5 aromatic rings. The number of nitrogens with zero attached hydrogens (tertiary/aromatic N) is 5.